The van der Waals surface area contributed by atoms with E-state index in [1.165, 1.54) is 22.4 Å². The highest BCUT2D eigenvalue weighted by molar-refractivity contribution is 5.40. The Hall–Kier alpha value is -1.50. The smallest absolute Gasteiger partial charge is 0.0727 e. The molecule has 1 saturated heterocycles. The van der Waals surface area contributed by atoms with E-state index < -0.39 is 0 Å². The van der Waals surface area contributed by atoms with Gasteiger partial charge in [-0.3, -0.25) is 0 Å². The minimum atomic E-state index is 0.565. The van der Waals surface area contributed by atoms with E-state index in [1.807, 2.05) is 6.08 Å². The van der Waals surface area contributed by atoms with Crippen LogP contribution in [-0.4, -0.2) is 17.0 Å². The van der Waals surface area contributed by atoms with Gasteiger partial charge in [0.25, 0.3) is 0 Å². The Labute approximate surface area is 131 Å². The quantitative estimate of drug-likeness (QED) is 0.236. The van der Waals surface area contributed by atoms with Gasteiger partial charge in [-0.1, -0.05) is 30.9 Å². The molecule has 0 amide bonds. The van der Waals surface area contributed by atoms with Crippen LogP contribution in [-0.2, 0) is 0 Å². The fraction of sp³-hybridized carbons (Fsp3) is 0.500. The van der Waals surface area contributed by atoms with Crippen molar-refractivity contribution in [1.29, 1.82) is 0 Å². The molecular weight excluding hydrogens is 254 g/mol. The summed E-state index contributed by atoms with van der Waals surface area (Å²) in [5.41, 5.74) is 5.38. The molecule has 1 unspecified atom stereocenters. The standard InChI is InChI=1S/C20H31N/c1-8-10-11-12-13-16(5)18(7)17(6)14-20-19(9-2)21(20)15(3)4/h8-9,12-13,15,20H,1,6,10-11,14H2,2-5,7H3/b13-12?,18-16-,19-9+. The monoisotopic (exact) mass is 285 g/mol. The van der Waals surface area contributed by atoms with Crippen molar-refractivity contribution in [3.63, 3.8) is 0 Å². The van der Waals surface area contributed by atoms with Gasteiger partial charge in [-0.15, -0.1) is 6.58 Å². The van der Waals surface area contributed by atoms with E-state index >= 15 is 0 Å². The van der Waals surface area contributed by atoms with Crippen molar-refractivity contribution >= 4 is 0 Å². The van der Waals surface area contributed by atoms with Crippen LogP contribution in [0.1, 0.15) is 53.9 Å². The lowest BCUT2D eigenvalue weighted by molar-refractivity contribution is 0.431. The first kappa shape index (κ1) is 17.6. The number of allylic oxidation sites excluding steroid dienone is 6. The van der Waals surface area contributed by atoms with Gasteiger partial charge in [0.15, 0.2) is 0 Å². The minimum absolute atomic E-state index is 0.565. The van der Waals surface area contributed by atoms with Gasteiger partial charge in [0.1, 0.15) is 0 Å². The highest BCUT2D eigenvalue weighted by atomic mass is 15.3. The first-order valence-electron chi connectivity index (χ1n) is 8.01. The molecule has 1 fully saturated rings. The topological polar surface area (TPSA) is 3.01 Å². The van der Waals surface area contributed by atoms with E-state index in [0.29, 0.717) is 12.1 Å². The van der Waals surface area contributed by atoms with Gasteiger partial charge < -0.3 is 4.90 Å². The predicted molar refractivity (Wildman–Crippen MR) is 95.2 cm³/mol. The van der Waals surface area contributed by atoms with Crippen LogP contribution >= 0.6 is 0 Å². The molecule has 0 aromatic heterocycles. The predicted octanol–water partition coefficient (Wildman–Crippen LogP) is 5.79. The fourth-order valence-electron chi connectivity index (χ4n) is 2.74. The summed E-state index contributed by atoms with van der Waals surface area (Å²) < 4.78 is 0. The van der Waals surface area contributed by atoms with Crippen molar-refractivity contribution in [2.75, 3.05) is 0 Å². The molecule has 1 nitrogen and oxygen atoms in total. The summed E-state index contributed by atoms with van der Waals surface area (Å²) in [6.45, 7) is 19.0. The zero-order valence-electron chi connectivity index (χ0n) is 14.4. The second-order valence-corrected chi connectivity index (χ2v) is 6.11. The molecule has 0 N–H and O–H groups in total. The Morgan fingerprint density at radius 3 is 2.43 bits per heavy atom. The average molecular weight is 285 g/mol. The average Bonchev–Trinajstić information content (AvgIpc) is 3.15. The van der Waals surface area contributed by atoms with Crippen LogP contribution in [0.25, 0.3) is 0 Å². The van der Waals surface area contributed by atoms with Crippen LogP contribution in [0, 0.1) is 0 Å². The summed E-state index contributed by atoms with van der Waals surface area (Å²) in [5, 5.41) is 0. The second kappa shape index (κ2) is 8.07. The van der Waals surface area contributed by atoms with E-state index in [9.17, 15) is 0 Å². The van der Waals surface area contributed by atoms with Crippen LogP contribution in [0.4, 0.5) is 0 Å². The van der Waals surface area contributed by atoms with Gasteiger partial charge in [-0.25, -0.2) is 0 Å². The molecular formula is C20H31N. The molecule has 1 heteroatoms. The third kappa shape index (κ3) is 4.77. The third-order valence-corrected chi connectivity index (χ3v) is 4.23. The summed E-state index contributed by atoms with van der Waals surface area (Å²) >= 11 is 0. The van der Waals surface area contributed by atoms with E-state index in [-0.39, 0.29) is 0 Å². The van der Waals surface area contributed by atoms with Crippen LogP contribution in [0.3, 0.4) is 0 Å². The molecule has 0 aromatic rings. The summed E-state index contributed by atoms with van der Waals surface area (Å²) in [7, 11) is 0. The lowest BCUT2D eigenvalue weighted by Gasteiger charge is -2.11. The van der Waals surface area contributed by atoms with Crippen LogP contribution < -0.4 is 0 Å². The molecule has 0 radical (unpaired) electrons. The molecule has 0 spiro atoms. The summed E-state index contributed by atoms with van der Waals surface area (Å²) in [5.74, 6) is 0. The molecule has 21 heavy (non-hydrogen) atoms. The Balaban J connectivity index is 2.63. The Bertz CT molecular complexity index is 474. The normalized spacial score (nSPS) is 21.1. The molecule has 0 saturated carbocycles. The van der Waals surface area contributed by atoms with Crippen LogP contribution in [0.5, 0.6) is 0 Å². The molecule has 1 aliphatic heterocycles. The summed E-state index contributed by atoms with van der Waals surface area (Å²) in [4.78, 5) is 2.48. The number of hydrogen-bond acceptors (Lipinski definition) is 1. The maximum Gasteiger partial charge on any atom is 0.0727 e. The van der Waals surface area contributed by atoms with Gasteiger partial charge in [0.2, 0.25) is 0 Å². The SMILES string of the molecule is C=CCCC=C/C(C)=C(/C)C(=C)CC1/C(=C\C)N1C(C)C. The zero-order valence-corrected chi connectivity index (χ0v) is 14.4. The van der Waals surface area contributed by atoms with E-state index in [4.69, 9.17) is 0 Å². The van der Waals surface area contributed by atoms with Crippen LogP contribution in [0.2, 0.25) is 0 Å². The third-order valence-electron chi connectivity index (χ3n) is 4.23. The second-order valence-electron chi connectivity index (χ2n) is 6.11. The van der Waals surface area contributed by atoms with Gasteiger partial charge >= 0.3 is 0 Å². The van der Waals surface area contributed by atoms with E-state index in [0.717, 1.165) is 19.3 Å². The van der Waals surface area contributed by atoms with Gasteiger partial charge in [0.05, 0.1) is 6.04 Å². The number of rotatable bonds is 8. The lowest BCUT2D eigenvalue weighted by atomic mass is 9.99. The van der Waals surface area contributed by atoms with E-state index in [2.05, 4.69) is 70.9 Å². The first-order chi connectivity index (χ1) is 9.93. The molecule has 116 valence electrons. The molecule has 1 rings (SSSR count). The minimum Gasteiger partial charge on any atom is -0.362 e. The Morgan fingerprint density at radius 1 is 1.29 bits per heavy atom. The summed E-state index contributed by atoms with van der Waals surface area (Å²) in [6, 6.07) is 1.15. The number of hydrogen-bond donors (Lipinski definition) is 0. The van der Waals surface area contributed by atoms with Crippen molar-refractivity contribution in [2.45, 2.75) is 66.0 Å². The van der Waals surface area contributed by atoms with Gasteiger partial charge in [-0.2, -0.15) is 0 Å². The summed E-state index contributed by atoms with van der Waals surface area (Å²) in [6.07, 6.45) is 11.8. The fourth-order valence-corrected chi connectivity index (χ4v) is 2.74. The largest absolute Gasteiger partial charge is 0.362 e. The molecule has 0 bridgehead atoms. The zero-order chi connectivity index (χ0) is 16.0. The molecule has 1 atom stereocenters. The Kier molecular flexibility index (Phi) is 6.74. The van der Waals surface area contributed by atoms with Crippen LogP contribution in [0.15, 0.2) is 59.9 Å². The Morgan fingerprint density at radius 2 is 1.95 bits per heavy atom. The first-order valence-corrected chi connectivity index (χ1v) is 8.01. The molecule has 1 heterocycles. The van der Waals surface area contributed by atoms with Crippen molar-refractivity contribution in [3.8, 4) is 0 Å². The van der Waals surface area contributed by atoms with E-state index in [1.54, 1.807) is 0 Å². The van der Waals surface area contributed by atoms with Gasteiger partial charge in [0, 0.05) is 11.7 Å². The highest BCUT2D eigenvalue weighted by Crippen LogP contribution is 2.40. The van der Waals surface area contributed by atoms with Crippen molar-refractivity contribution in [2.24, 2.45) is 0 Å². The maximum atomic E-state index is 4.30. The maximum absolute atomic E-state index is 4.30. The van der Waals surface area contributed by atoms with Crippen molar-refractivity contribution in [1.82, 2.24) is 4.90 Å². The molecule has 0 aliphatic carbocycles. The number of nitrogens with zero attached hydrogens (tertiary/aromatic N) is 1. The molecule has 1 aliphatic rings. The van der Waals surface area contributed by atoms with Crippen molar-refractivity contribution in [3.05, 3.63) is 59.9 Å². The lowest BCUT2D eigenvalue weighted by Crippen LogP contribution is -2.12. The molecule has 0 aromatic carbocycles. The van der Waals surface area contributed by atoms with Crippen molar-refractivity contribution < 1.29 is 0 Å². The number of unbranched alkanes of at least 4 members (excludes halogenated alkanes) is 1. The highest BCUT2D eigenvalue weighted by Gasteiger charge is 2.41. The van der Waals surface area contributed by atoms with Gasteiger partial charge in [-0.05, 0) is 70.6 Å².